The number of hydrogen-bond donors (Lipinski definition) is 1. The molecule has 0 unspecified atom stereocenters. The molecule has 0 saturated carbocycles. The second kappa shape index (κ2) is 9.63. The van der Waals surface area contributed by atoms with Crippen LogP contribution >= 0.6 is 0 Å². The van der Waals surface area contributed by atoms with Crippen LogP contribution in [0.3, 0.4) is 0 Å². The van der Waals surface area contributed by atoms with E-state index in [1.54, 1.807) is 13.2 Å². The van der Waals surface area contributed by atoms with Gasteiger partial charge < -0.3 is 14.8 Å². The van der Waals surface area contributed by atoms with E-state index in [4.69, 9.17) is 9.47 Å². The van der Waals surface area contributed by atoms with Gasteiger partial charge in [0.15, 0.2) is 11.5 Å². The minimum atomic E-state index is -0.193. The van der Waals surface area contributed by atoms with Crippen molar-refractivity contribution in [3.8, 4) is 11.5 Å². The molecular weight excluding hydrogens is 386 g/mol. The summed E-state index contributed by atoms with van der Waals surface area (Å²) in [5, 5.41) is 5.21. The van der Waals surface area contributed by atoms with Gasteiger partial charge in [-0.3, -0.25) is 4.79 Å². The third kappa shape index (κ3) is 5.31. The Bertz CT molecular complexity index is 1220. The summed E-state index contributed by atoms with van der Waals surface area (Å²) in [5.74, 6) is 1.08. The minimum absolute atomic E-state index is 0.193. The molecule has 0 aliphatic carbocycles. The Labute approximate surface area is 181 Å². The number of carbonyl (C=O) groups excluding carboxylic acids is 1. The normalized spacial score (nSPS) is 10.9. The first-order valence-corrected chi connectivity index (χ1v) is 10.0. The standard InChI is InChI=1S/C27H23NO3/c1-30-26-18-20(13-16-27(29)28-24-9-3-2-4-10-24)12-15-25(26)31-19-21-11-14-22-7-5-6-8-23(22)17-21/h2-18H,19H2,1H3,(H,28,29)/b16-13+. The van der Waals surface area contributed by atoms with E-state index in [1.807, 2.05) is 60.7 Å². The predicted octanol–water partition coefficient (Wildman–Crippen LogP) is 6.08. The van der Waals surface area contributed by atoms with Gasteiger partial charge in [-0.25, -0.2) is 0 Å². The van der Waals surface area contributed by atoms with Crippen LogP contribution < -0.4 is 14.8 Å². The highest BCUT2D eigenvalue weighted by atomic mass is 16.5. The third-order valence-corrected chi connectivity index (χ3v) is 4.86. The van der Waals surface area contributed by atoms with Gasteiger partial charge in [0.05, 0.1) is 7.11 Å². The number of para-hydroxylation sites is 1. The van der Waals surface area contributed by atoms with Crippen LogP contribution in [0.1, 0.15) is 11.1 Å². The Hall–Kier alpha value is -4.05. The summed E-state index contributed by atoms with van der Waals surface area (Å²) in [4.78, 5) is 12.1. The first kappa shape index (κ1) is 20.2. The molecule has 0 saturated heterocycles. The maximum atomic E-state index is 12.1. The minimum Gasteiger partial charge on any atom is -0.493 e. The molecule has 4 nitrogen and oxygen atoms in total. The van der Waals surface area contributed by atoms with Crippen LogP contribution in [-0.4, -0.2) is 13.0 Å². The molecule has 0 spiro atoms. The van der Waals surface area contributed by atoms with E-state index in [1.165, 1.54) is 16.8 Å². The Kier molecular flexibility index (Phi) is 6.29. The van der Waals surface area contributed by atoms with E-state index in [-0.39, 0.29) is 5.91 Å². The van der Waals surface area contributed by atoms with Crippen LogP contribution in [0.5, 0.6) is 11.5 Å². The number of fused-ring (bicyclic) bond motifs is 1. The molecule has 1 amide bonds. The number of methoxy groups -OCH3 is 1. The molecule has 0 fully saturated rings. The number of carbonyl (C=O) groups is 1. The molecule has 4 heteroatoms. The summed E-state index contributed by atoms with van der Waals surface area (Å²) >= 11 is 0. The van der Waals surface area contributed by atoms with Crippen molar-refractivity contribution in [2.75, 3.05) is 12.4 Å². The highest BCUT2D eigenvalue weighted by Gasteiger charge is 2.06. The van der Waals surface area contributed by atoms with Gasteiger partial charge in [0.1, 0.15) is 6.61 Å². The van der Waals surface area contributed by atoms with Crippen molar-refractivity contribution in [2.45, 2.75) is 6.61 Å². The number of benzene rings is 4. The van der Waals surface area contributed by atoms with Crippen LogP contribution in [0.2, 0.25) is 0 Å². The lowest BCUT2D eigenvalue weighted by atomic mass is 10.1. The van der Waals surface area contributed by atoms with Gasteiger partial charge >= 0.3 is 0 Å². The van der Waals surface area contributed by atoms with E-state index in [0.29, 0.717) is 18.1 Å². The quantitative estimate of drug-likeness (QED) is 0.376. The lowest BCUT2D eigenvalue weighted by Gasteiger charge is -2.12. The molecule has 1 N–H and O–H groups in total. The number of ether oxygens (including phenoxy) is 2. The van der Waals surface area contributed by atoms with Crippen molar-refractivity contribution in [2.24, 2.45) is 0 Å². The second-order valence-corrected chi connectivity index (χ2v) is 7.07. The van der Waals surface area contributed by atoms with E-state index in [9.17, 15) is 4.79 Å². The summed E-state index contributed by atoms with van der Waals surface area (Å²) in [6, 6.07) is 29.5. The zero-order valence-electron chi connectivity index (χ0n) is 17.2. The Morgan fingerprint density at radius 3 is 2.42 bits per heavy atom. The number of anilines is 1. The second-order valence-electron chi connectivity index (χ2n) is 7.07. The van der Waals surface area contributed by atoms with E-state index < -0.39 is 0 Å². The first-order chi connectivity index (χ1) is 15.2. The molecular formula is C27H23NO3. The first-order valence-electron chi connectivity index (χ1n) is 10.0. The van der Waals surface area contributed by atoms with E-state index in [0.717, 1.165) is 16.8 Å². The summed E-state index contributed by atoms with van der Waals surface area (Å²) in [7, 11) is 1.60. The molecule has 0 bridgehead atoms. The molecule has 4 aromatic carbocycles. The van der Waals surface area contributed by atoms with Gasteiger partial charge in [0.2, 0.25) is 5.91 Å². The van der Waals surface area contributed by atoms with Crippen LogP contribution in [0.4, 0.5) is 5.69 Å². The highest BCUT2D eigenvalue weighted by molar-refractivity contribution is 6.01. The van der Waals surface area contributed by atoms with Crippen LogP contribution in [0.15, 0.2) is 97.1 Å². The lowest BCUT2D eigenvalue weighted by Crippen LogP contribution is -2.07. The lowest BCUT2D eigenvalue weighted by molar-refractivity contribution is -0.111. The van der Waals surface area contributed by atoms with Crippen LogP contribution in [0.25, 0.3) is 16.8 Å². The summed E-state index contributed by atoms with van der Waals surface area (Å²) in [6.07, 6.45) is 3.24. The fourth-order valence-corrected chi connectivity index (χ4v) is 3.27. The molecule has 0 aliphatic heterocycles. The van der Waals surface area contributed by atoms with Gasteiger partial charge in [0, 0.05) is 11.8 Å². The van der Waals surface area contributed by atoms with E-state index in [2.05, 4.69) is 35.6 Å². The van der Waals surface area contributed by atoms with Gasteiger partial charge in [-0.1, -0.05) is 60.7 Å². The largest absolute Gasteiger partial charge is 0.493 e. The molecule has 4 aromatic rings. The van der Waals surface area contributed by atoms with Gasteiger partial charge in [0.25, 0.3) is 0 Å². The zero-order valence-corrected chi connectivity index (χ0v) is 17.2. The number of nitrogens with one attached hydrogen (secondary N) is 1. The molecule has 0 heterocycles. The Morgan fingerprint density at radius 1 is 0.839 bits per heavy atom. The summed E-state index contributed by atoms with van der Waals surface area (Å²) in [6.45, 7) is 0.440. The average Bonchev–Trinajstić information content (AvgIpc) is 2.82. The third-order valence-electron chi connectivity index (χ3n) is 4.86. The molecule has 31 heavy (non-hydrogen) atoms. The van der Waals surface area contributed by atoms with Crippen LogP contribution in [-0.2, 0) is 11.4 Å². The fourth-order valence-electron chi connectivity index (χ4n) is 3.27. The summed E-state index contributed by atoms with van der Waals surface area (Å²) < 4.78 is 11.5. The van der Waals surface area contributed by atoms with Crippen molar-refractivity contribution >= 4 is 28.4 Å². The van der Waals surface area contributed by atoms with Crippen molar-refractivity contribution in [1.82, 2.24) is 0 Å². The number of hydrogen-bond acceptors (Lipinski definition) is 3. The summed E-state index contributed by atoms with van der Waals surface area (Å²) in [5.41, 5.74) is 2.69. The van der Waals surface area contributed by atoms with Crippen LogP contribution in [0, 0.1) is 0 Å². The molecule has 0 atom stereocenters. The number of rotatable bonds is 7. The Morgan fingerprint density at radius 2 is 1.61 bits per heavy atom. The molecule has 0 aliphatic rings. The Balaban J connectivity index is 1.41. The smallest absolute Gasteiger partial charge is 0.248 e. The molecule has 0 aromatic heterocycles. The predicted molar refractivity (Wildman–Crippen MR) is 125 cm³/mol. The van der Waals surface area contributed by atoms with Gasteiger partial charge in [-0.2, -0.15) is 0 Å². The topological polar surface area (TPSA) is 47.6 Å². The van der Waals surface area contributed by atoms with Crippen molar-refractivity contribution in [3.05, 3.63) is 108 Å². The maximum absolute atomic E-state index is 12.1. The average molecular weight is 409 g/mol. The van der Waals surface area contributed by atoms with E-state index >= 15 is 0 Å². The van der Waals surface area contributed by atoms with Crippen molar-refractivity contribution in [1.29, 1.82) is 0 Å². The van der Waals surface area contributed by atoms with Gasteiger partial charge in [-0.05, 0) is 58.3 Å². The van der Waals surface area contributed by atoms with Gasteiger partial charge in [-0.15, -0.1) is 0 Å². The number of amides is 1. The zero-order chi connectivity index (χ0) is 21.5. The molecule has 0 radical (unpaired) electrons. The monoisotopic (exact) mass is 409 g/mol. The fraction of sp³-hybridized carbons (Fsp3) is 0.0741. The highest BCUT2D eigenvalue weighted by Crippen LogP contribution is 2.29. The SMILES string of the molecule is COc1cc(/C=C/C(=O)Nc2ccccc2)ccc1OCc1ccc2ccccc2c1. The molecule has 154 valence electrons. The van der Waals surface area contributed by atoms with Crippen molar-refractivity contribution in [3.63, 3.8) is 0 Å². The molecule has 4 rings (SSSR count). The maximum Gasteiger partial charge on any atom is 0.248 e. The van der Waals surface area contributed by atoms with Crippen molar-refractivity contribution < 1.29 is 14.3 Å².